The van der Waals surface area contributed by atoms with Crippen LogP contribution in [0.2, 0.25) is 0 Å². The minimum Gasteiger partial charge on any atom is -0.381 e. The molecule has 0 bridgehead atoms. The van der Waals surface area contributed by atoms with Crippen molar-refractivity contribution in [3.8, 4) is 0 Å². The van der Waals surface area contributed by atoms with E-state index in [1.54, 1.807) is 0 Å². The summed E-state index contributed by atoms with van der Waals surface area (Å²) in [5, 5.41) is 3.44. The van der Waals surface area contributed by atoms with Crippen LogP contribution in [0, 0.1) is 12.8 Å². The van der Waals surface area contributed by atoms with E-state index in [1.807, 2.05) is 6.20 Å². The number of ether oxygens (including phenoxy) is 1. The summed E-state index contributed by atoms with van der Waals surface area (Å²) in [7, 11) is 0. The summed E-state index contributed by atoms with van der Waals surface area (Å²) < 4.78 is 5.40. The third-order valence-electron chi connectivity index (χ3n) is 3.24. The summed E-state index contributed by atoms with van der Waals surface area (Å²) in [6.45, 7) is 9.94. The number of rotatable bonds is 5. The van der Waals surface area contributed by atoms with Crippen molar-refractivity contribution in [1.29, 1.82) is 0 Å². The molecule has 1 aromatic heterocycles. The van der Waals surface area contributed by atoms with Crippen molar-refractivity contribution in [1.82, 2.24) is 15.3 Å². The highest BCUT2D eigenvalue weighted by Crippen LogP contribution is 2.22. The van der Waals surface area contributed by atoms with Crippen LogP contribution in [0.15, 0.2) is 6.20 Å². The van der Waals surface area contributed by atoms with Crippen LogP contribution in [0.1, 0.15) is 43.3 Å². The van der Waals surface area contributed by atoms with Gasteiger partial charge in [-0.05, 0) is 31.4 Å². The number of nitrogens with one attached hydrogen (secondary N) is 1. The quantitative estimate of drug-likeness (QED) is 0.867. The normalized spacial score (nSPS) is 19.7. The average molecular weight is 249 g/mol. The predicted molar refractivity (Wildman–Crippen MR) is 71.5 cm³/mol. The molecule has 0 amide bonds. The zero-order chi connectivity index (χ0) is 13.0. The van der Waals surface area contributed by atoms with E-state index in [1.165, 1.54) is 0 Å². The molecule has 1 atom stereocenters. The van der Waals surface area contributed by atoms with Crippen molar-refractivity contribution in [2.75, 3.05) is 19.8 Å². The van der Waals surface area contributed by atoms with Crippen molar-refractivity contribution in [2.24, 2.45) is 5.92 Å². The molecule has 0 spiro atoms. The maximum Gasteiger partial charge on any atom is 0.134 e. The molecular weight excluding hydrogens is 226 g/mol. The monoisotopic (exact) mass is 249 g/mol. The molecule has 1 fully saturated rings. The third-order valence-corrected chi connectivity index (χ3v) is 3.24. The lowest BCUT2D eigenvalue weighted by Crippen LogP contribution is -2.21. The lowest BCUT2D eigenvalue weighted by atomic mass is 10.1. The van der Waals surface area contributed by atoms with Gasteiger partial charge < -0.3 is 10.1 Å². The van der Waals surface area contributed by atoms with Crippen molar-refractivity contribution < 1.29 is 4.74 Å². The van der Waals surface area contributed by atoms with Crippen LogP contribution in [-0.4, -0.2) is 29.7 Å². The third kappa shape index (κ3) is 3.50. The zero-order valence-electron chi connectivity index (χ0n) is 11.6. The van der Waals surface area contributed by atoms with Crippen LogP contribution >= 0.6 is 0 Å². The summed E-state index contributed by atoms with van der Waals surface area (Å²) in [6, 6.07) is 0. The molecule has 1 aliphatic rings. The molecule has 18 heavy (non-hydrogen) atoms. The largest absolute Gasteiger partial charge is 0.381 e. The van der Waals surface area contributed by atoms with Crippen LogP contribution < -0.4 is 5.32 Å². The molecule has 100 valence electrons. The Hall–Kier alpha value is -1.00. The highest BCUT2D eigenvalue weighted by atomic mass is 16.5. The van der Waals surface area contributed by atoms with E-state index in [0.717, 1.165) is 49.8 Å². The first kappa shape index (κ1) is 13.4. The molecule has 0 radical (unpaired) electrons. The number of aromatic nitrogens is 2. The first-order chi connectivity index (χ1) is 8.66. The van der Waals surface area contributed by atoms with Crippen molar-refractivity contribution >= 4 is 0 Å². The highest BCUT2D eigenvalue weighted by molar-refractivity contribution is 5.17. The van der Waals surface area contributed by atoms with E-state index in [4.69, 9.17) is 9.72 Å². The molecule has 1 unspecified atom stereocenters. The smallest absolute Gasteiger partial charge is 0.134 e. The fourth-order valence-corrected chi connectivity index (χ4v) is 2.09. The maximum absolute atomic E-state index is 5.40. The van der Waals surface area contributed by atoms with E-state index in [-0.39, 0.29) is 0 Å². The van der Waals surface area contributed by atoms with E-state index >= 15 is 0 Å². The lowest BCUT2D eigenvalue weighted by Gasteiger charge is -2.12. The van der Waals surface area contributed by atoms with E-state index in [2.05, 4.69) is 31.1 Å². The number of aryl methyl sites for hydroxylation is 1. The van der Waals surface area contributed by atoms with Gasteiger partial charge in [0, 0.05) is 25.3 Å². The summed E-state index contributed by atoms with van der Waals surface area (Å²) in [5.74, 6) is 1.99. The fraction of sp³-hybridized carbons (Fsp3) is 0.714. The Morgan fingerprint density at radius 1 is 1.50 bits per heavy atom. The van der Waals surface area contributed by atoms with Gasteiger partial charge in [-0.1, -0.05) is 13.8 Å². The van der Waals surface area contributed by atoms with Crippen molar-refractivity contribution in [3.63, 3.8) is 0 Å². The SMILES string of the molecule is Cc1cnc(C2CCOC2)nc1CNCC(C)C. The topological polar surface area (TPSA) is 47.0 Å². The van der Waals surface area contributed by atoms with E-state index in [9.17, 15) is 0 Å². The molecule has 0 aromatic carbocycles. The predicted octanol–water partition coefficient (Wildman–Crippen LogP) is 2.03. The molecular formula is C14H23N3O. The van der Waals surface area contributed by atoms with Crippen molar-refractivity contribution in [2.45, 2.75) is 39.7 Å². The van der Waals surface area contributed by atoms with Gasteiger partial charge in [0.15, 0.2) is 0 Å². The van der Waals surface area contributed by atoms with Gasteiger partial charge in [-0.15, -0.1) is 0 Å². The van der Waals surface area contributed by atoms with Crippen molar-refractivity contribution in [3.05, 3.63) is 23.3 Å². The molecule has 4 heteroatoms. The summed E-state index contributed by atoms with van der Waals surface area (Å²) in [5.41, 5.74) is 2.28. The van der Waals surface area contributed by atoms with Gasteiger partial charge in [0.1, 0.15) is 5.82 Å². The molecule has 2 heterocycles. The lowest BCUT2D eigenvalue weighted by molar-refractivity contribution is 0.193. The molecule has 1 aliphatic heterocycles. The van der Waals surface area contributed by atoms with Gasteiger partial charge in [0.2, 0.25) is 0 Å². The highest BCUT2D eigenvalue weighted by Gasteiger charge is 2.21. The van der Waals surface area contributed by atoms with Gasteiger partial charge in [0.05, 0.1) is 12.3 Å². The maximum atomic E-state index is 5.40. The Bertz CT molecular complexity index is 387. The standard InChI is InChI=1S/C14H23N3O/c1-10(2)6-15-8-13-11(3)7-16-14(17-13)12-4-5-18-9-12/h7,10,12,15H,4-6,8-9H2,1-3H3. The van der Waals surface area contributed by atoms with Crippen LogP contribution in [0.4, 0.5) is 0 Å². The number of nitrogens with zero attached hydrogens (tertiary/aromatic N) is 2. The van der Waals surface area contributed by atoms with Gasteiger partial charge >= 0.3 is 0 Å². The number of hydrogen-bond acceptors (Lipinski definition) is 4. The first-order valence-electron chi connectivity index (χ1n) is 6.77. The van der Waals surface area contributed by atoms with Gasteiger partial charge in [-0.2, -0.15) is 0 Å². The van der Waals surface area contributed by atoms with Gasteiger partial charge in [0.25, 0.3) is 0 Å². The average Bonchev–Trinajstić information content (AvgIpc) is 2.84. The summed E-state index contributed by atoms with van der Waals surface area (Å²) in [6.07, 6.45) is 2.98. The Labute approximate surface area is 109 Å². The molecule has 0 saturated carbocycles. The number of hydrogen-bond donors (Lipinski definition) is 1. The Morgan fingerprint density at radius 2 is 2.33 bits per heavy atom. The molecule has 0 aliphatic carbocycles. The van der Waals surface area contributed by atoms with Crippen LogP contribution in [0.3, 0.4) is 0 Å². The molecule has 4 nitrogen and oxygen atoms in total. The van der Waals surface area contributed by atoms with Crippen LogP contribution in [0.25, 0.3) is 0 Å². The Kier molecular flexibility index (Phi) is 4.66. The van der Waals surface area contributed by atoms with E-state index in [0.29, 0.717) is 11.8 Å². The first-order valence-corrected chi connectivity index (χ1v) is 6.77. The molecule has 2 rings (SSSR count). The zero-order valence-corrected chi connectivity index (χ0v) is 11.6. The van der Waals surface area contributed by atoms with Crippen LogP contribution in [-0.2, 0) is 11.3 Å². The van der Waals surface area contributed by atoms with Gasteiger partial charge in [-0.3, -0.25) is 0 Å². The van der Waals surface area contributed by atoms with Gasteiger partial charge in [-0.25, -0.2) is 9.97 Å². The Morgan fingerprint density at radius 3 is 3.00 bits per heavy atom. The fourth-order valence-electron chi connectivity index (χ4n) is 2.09. The second kappa shape index (κ2) is 6.25. The minimum absolute atomic E-state index is 0.384. The summed E-state index contributed by atoms with van der Waals surface area (Å²) in [4.78, 5) is 9.14. The second-order valence-corrected chi connectivity index (χ2v) is 5.44. The minimum atomic E-state index is 0.384. The molecule has 1 aromatic rings. The summed E-state index contributed by atoms with van der Waals surface area (Å²) >= 11 is 0. The molecule has 1 N–H and O–H groups in total. The van der Waals surface area contributed by atoms with E-state index < -0.39 is 0 Å². The Balaban J connectivity index is 2.01. The van der Waals surface area contributed by atoms with Crippen LogP contribution in [0.5, 0.6) is 0 Å². The second-order valence-electron chi connectivity index (χ2n) is 5.44. The molecule has 1 saturated heterocycles.